The number of hydrogen-bond acceptors (Lipinski definition) is 3. The lowest BCUT2D eigenvalue weighted by atomic mass is 10.2. The van der Waals surface area contributed by atoms with E-state index in [4.69, 9.17) is 12.2 Å². The fourth-order valence-electron chi connectivity index (χ4n) is 2.59. The Balaban J connectivity index is 1.86. The molecule has 0 amide bonds. The van der Waals surface area contributed by atoms with Crippen LogP contribution in [0.4, 0.5) is 0 Å². The standard InChI is InChI=1S/C11H20N2O2S2/c1-13(10-6-7-17(14,15)8-10)11(16)12-9-4-2-3-5-9/h9-10H,2-8H2,1H3,(H,12,16). The SMILES string of the molecule is CN(C(=S)NC1CCCC1)C1CCS(=O)(=O)C1. The Bertz CT molecular complexity index is 388. The second-order valence-corrected chi connectivity index (χ2v) is 7.71. The summed E-state index contributed by atoms with van der Waals surface area (Å²) in [4.78, 5) is 1.93. The van der Waals surface area contributed by atoms with E-state index in [1.54, 1.807) is 0 Å². The lowest BCUT2D eigenvalue weighted by Crippen LogP contribution is -2.46. The zero-order chi connectivity index (χ0) is 12.5. The number of sulfone groups is 1. The van der Waals surface area contributed by atoms with Gasteiger partial charge in [-0.15, -0.1) is 0 Å². The Morgan fingerprint density at radius 1 is 1.29 bits per heavy atom. The zero-order valence-electron chi connectivity index (χ0n) is 10.2. The van der Waals surface area contributed by atoms with Crippen LogP contribution >= 0.6 is 12.2 Å². The molecular formula is C11H20N2O2S2. The van der Waals surface area contributed by atoms with Crippen molar-refractivity contribution < 1.29 is 8.42 Å². The molecule has 1 saturated carbocycles. The van der Waals surface area contributed by atoms with Crippen molar-refractivity contribution in [2.24, 2.45) is 0 Å². The van der Waals surface area contributed by atoms with Gasteiger partial charge in [-0.3, -0.25) is 0 Å². The van der Waals surface area contributed by atoms with Crippen molar-refractivity contribution in [2.45, 2.75) is 44.2 Å². The average Bonchev–Trinajstić information content (AvgIpc) is 2.86. The van der Waals surface area contributed by atoms with Gasteiger partial charge >= 0.3 is 0 Å². The van der Waals surface area contributed by atoms with Gasteiger partial charge in [0.05, 0.1) is 11.5 Å². The van der Waals surface area contributed by atoms with Gasteiger partial charge in [-0.2, -0.15) is 0 Å². The zero-order valence-corrected chi connectivity index (χ0v) is 11.8. The van der Waals surface area contributed by atoms with Gasteiger partial charge in [0.15, 0.2) is 14.9 Å². The lowest BCUT2D eigenvalue weighted by molar-refractivity contribution is 0.383. The molecule has 1 aliphatic heterocycles. The maximum Gasteiger partial charge on any atom is 0.169 e. The molecule has 1 N–H and O–H groups in total. The first-order chi connectivity index (χ1) is 7.98. The largest absolute Gasteiger partial charge is 0.360 e. The van der Waals surface area contributed by atoms with Crippen LogP contribution < -0.4 is 5.32 Å². The molecule has 98 valence electrons. The maximum absolute atomic E-state index is 11.4. The van der Waals surface area contributed by atoms with Gasteiger partial charge in [0, 0.05) is 19.1 Å². The molecule has 0 bridgehead atoms. The van der Waals surface area contributed by atoms with Gasteiger partial charge in [-0.25, -0.2) is 8.42 Å². The number of thiocarbonyl (C=S) groups is 1. The highest BCUT2D eigenvalue weighted by Gasteiger charge is 2.32. The summed E-state index contributed by atoms with van der Waals surface area (Å²) in [6, 6.07) is 0.546. The van der Waals surface area contributed by atoms with Crippen molar-refractivity contribution in [2.75, 3.05) is 18.6 Å². The van der Waals surface area contributed by atoms with E-state index in [1.807, 2.05) is 11.9 Å². The van der Waals surface area contributed by atoms with Gasteiger partial charge < -0.3 is 10.2 Å². The Hall–Kier alpha value is -0.360. The lowest BCUT2D eigenvalue weighted by Gasteiger charge is -2.28. The number of nitrogens with one attached hydrogen (secondary N) is 1. The van der Waals surface area contributed by atoms with Gasteiger partial charge in [0.1, 0.15) is 0 Å². The van der Waals surface area contributed by atoms with Crippen LogP contribution in [0.3, 0.4) is 0 Å². The van der Waals surface area contributed by atoms with Gasteiger partial charge in [0.25, 0.3) is 0 Å². The minimum absolute atomic E-state index is 0.0569. The summed E-state index contributed by atoms with van der Waals surface area (Å²) in [6.45, 7) is 0. The third-order valence-electron chi connectivity index (χ3n) is 3.76. The number of hydrogen-bond donors (Lipinski definition) is 1. The van der Waals surface area contributed by atoms with Crippen LogP contribution in [0.1, 0.15) is 32.1 Å². The molecule has 0 radical (unpaired) electrons. The summed E-state index contributed by atoms with van der Waals surface area (Å²) in [6.07, 6.45) is 5.59. The first kappa shape index (κ1) is 13.1. The Labute approximate surface area is 109 Å². The monoisotopic (exact) mass is 276 g/mol. The van der Waals surface area contributed by atoms with Crippen molar-refractivity contribution in [3.05, 3.63) is 0 Å². The summed E-state index contributed by atoms with van der Waals surface area (Å²) in [5.74, 6) is 0.546. The van der Waals surface area contributed by atoms with Crippen LogP contribution in [0.2, 0.25) is 0 Å². The first-order valence-electron chi connectivity index (χ1n) is 6.22. The van der Waals surface area contributed by atoms with Crippen LogP contribution in [0.25, 0.3) is 0 Å². The highest BCUT2D eigenvalue weighted by Crippen LogP contribution is 2.20. The van der Waals surface area contributed by atoms with E-state index >= 15 is 0 Å². The molecular weight excluding hydrogens is 256 g/mol. The Morgan fingerprint density at radius 2 is 1.94 bits per heavy atom. The molecule has 2 aliphatic rings. The average molecular weight is 276 g/mol. The molecule has 1 atom stereocenters. The first-order valence-corrected chi connectivity index (χ1v) is 8.45. The molecule has 0 aromatic carbocycles. The maximum atomic E-state index is 11.4. The number of rotatable bonds is 2. The van der Waals surface area contributed by atoms with E-state index < -0.39 is 9.84 Å². The van der Waals surface area contributed by atoms with Crippen LogP contribution in [0, 0.1) is 0 Å². The smallest absolute Gasteiger partial charge is 0.169 e. The topological polar surface area (TPSA) is 49.4 Å². The number of nitrogens with zero attached hydrogens (tertiary/aromatic N) is 1. The molecule has 2 rings (SSSR count). The fourth-order valence-corrected chi connectivity index (χ4v) is 4.68. The molecule has 0 spiro atoms. The molecule has 1 unspecified atom stereocenters. The third-order valence-corrected chi connectivity index (χ3v) is 5.92. The van der Waals surface area contributed by atoms with Gasteiger partial charge in [-0.1, -0.05) is 12.8 Å². The summed E-state index contributed by atoms with van der Waals surface area (Å²) in [5.41, 5.74) is 0. The molecule has 0 aromatic heterocycles. The predicted molar refractivity (Wildman–Crippen MR) is 72.8 cm³/mol. The van der Waals surface area contributed by atoms with Gasteiger partial charge in [0.2, 0.25) is 0 Å². The van der Waals surface area contributed by atoms with Crippen molar-refractivity contribution in [3.8, 4) is 0 Å². The van der Waals surface area contributed by atoms with E-state index in [-0.39, 0.29) is 11.8 Å². The molecule has 2 fully saturated rings. The molecule has 0 aromatic rings. The van der Waals surface area contributed by atoms with Crippen molar-refractivity contribution in [1.29, 1.82) is 0 Å². The molecule has 4 nitrogen and oxygen atoms in total. The summed E-state index contributed by atoms with van der Waals surface area (Å²) >= 11 is 5.34. The van der Waals surface area contributed by atoms with Crippen molar-refractivity contribution >= 4 is 27.2 Å². The summed E-state index contributed by atoms with van der Waals surface area (Å²) < 4.78 is 22.8. The summed E-state index contributed by atoms with van der Waals surface area (Å²) in [7, 11) is -0.932. The second-order valence-electron chi connectivity index (χ2n) is 5.10. The van der Waals surface area contributed by atoms with Crippen LogP contribution in [-0.4, -0.2) is 49.1 Å². The minimum Gasteiger partial charge on any atom is -0.360 e. The minimum atomic E-state index is -2.83. The van der Waals surface area contributed by atoms with Crippen molar-refractivity contribution in [3.63, 3.8) is 0 Å². The van der Waals surface area contributed by atoms with E-state index in [1.165, 1.54) is 25.7 Å². The summed E-state index contributed by atoms with van der Waals surface area (Å²) in [5, 5.41) is 4.05. The molecule has 17 heavy (non-hydrogen) atoms. The molecule has 1 saturated heterocycles. The van der Waals surface area contributed by atoms with E-state index in [0.29, 0.717) is 23.3 Å². The molecule has 6 heteroatoms. The Kier molecular flexibility index (Phi) is 3.92. The normalized spacial score (nSPS) is 28.2. The highest BCUT2D eigenvalue weighted by atomic mass is 32.2. The van der Waals surface area contributed by atoms with E-state index in [0.717, 1.165) is 0 Å². The van der Waals surface area contributed by atoms with Crippen LogP contribution in [0.15, 0.2) is 0 Å². The van der Waals surface area contributed by atoms with Crippen molar-refractivity contribution in [1.82, 2.24) is 10.2 Å². The third kappa shape index (κ3) is 3.31. The van der Waals surface area contributed by atoms with E-state index in [9.17, 15) is 8.42 Å². The van der Waals surface area contributed by atoms with Crippen LogP contribution in [-0.2, 0) is 9.84 Å². The molecule has 1 aliphatic carbocycles. The van der Waals surface area contributed by atoms with Crippen LogP contribution in [0.5, 0.6) is 0 Å². The molecule has 1 heterocycles. The quantitative estimate of drug-likeness (QED) is 0.760. The van der Waals surface area contributed by atoms with Gasteiger partial charge in [-0.05, 0) is 31.5 Å². The second kappa shape index (κ2) is 5.10. The highest BCUT2D eigenvalue weighted by molar-refractivity contribution is 7.91. The Morgan fingerprint density at radius 3 is 2.47 bits per heavy atom. The van der Waals surface area contributed by atoms with E-state index in [2.05, 4.69) is 5.32 Å². The fraction of sp³-hybridized carbons (Fsp3) is 0.909. The predicted octanol–water partition coefficient (Wildman–Crippen LogP) is 0.922.